The largest absolute Gasteiger partial charge is 0.419 e. The van der Waals surface area contributed by atoms with Crippen molar-refractivity contribution in [2.75, 3.05) is 13.1 Å². The number of nitrogens with one attached hydrogen (secondary N) is 1. The first kappa shape index (κ1) is 13.8. The first-order valence-corrected chi connectivity index (χ1v) is 7.08. The SMILES string of the molecule is Fc1ccc(-n2ccc([C@H]3[C@@H]4CNC[C@@H]43)n2)cc1C(F)(F)F. The predicted octanol–water partition coefficient (Wildman–Crippen LogP) is 2.96. The lowest BCUT2D eigenvalue weighted by molar-refractivity contribution is -0.140. The normalized spacial score (nSPS) is 27.0. The first-order chi connectivity index (χ1) is 10.4. The van der Waals surface area contributed by atoms with Crippen LogP contribution in [0.5, 0.6) is 0 Å². The summed E-state index contributed by atoms with van der Waals surface area (Å²) >= 11 is 0. The highest BCUT2D eigenvalue weighted by molar-refractivity contribution is 5.38. The molecule has 116 valence electrons. The Morgan fingerprint density at radius 3 is 2.55 bits per heavy atom. The van der Waals surface area contributed by atoms with E-state index < -0.39 is 17.6 Å². The quantitative estimate of drug-likeness (QED) is 0.864. The van der Waals surface area contributed by atoms with Crippen molar-refractivity contribution in [3.05, 3.63) is 47.5 Å². The second-order valence-corrected chi connectivity index (χ2v) is 5.86. The lowest BCUT2D eigenvalue weighted by Crippen LogP contribution is -2.14. The van der Waals surface area contributed by atoms with Gasteiger partial charge in [-0.15, -0.1) is 0 Å². The molecule has 1 saturated carbocycles. The van der Waals surface area contributed by atoms with Crippen molar-refractivity contribution >= 4 is 0 Å². The molecule has 4 rings (SSSR count). The molecule has 0 amide bonds. The summed E-state index contributed by atoms with van der Waals surface area (Å²) in [5.74, 6) is 0.293. The van der Waals surface area contributed by atoms with Crippen LogP contribution in [0.4, 0.5) is 17.6 Å². The minimum Gasteiger partial charge on any atom is -0.316 e. The number of alkyl halides is 3. The zero-order valence-electron chi connectivity index (χ0n) is 11.4. The fourth-order valence-corrected chi connectivity index (χ4v) is 3.39. The number of fused-ring (bicyclic) bond motifs is 1. The van der Waals surface area contributed by atoms with E-state index in [1.165, 1.54) is 10.7 Å². The third kappa shape index (κ3) is 2.11. The van der Waals surface area contributed by atoms with Gasteiger partial charge in [0, 0.05) is 12.1 Å². The average Bonchev–Trinajstić information content (AvgIpc) is 2.87. The molecule has 1 aromatic heterocycles. The maximum Gasteiger partial charge on any atom is 0.419 e. The van der Waals surface area contributed by atoms with E-state index in [1.807, 2.05) is 6.07 Å². The van der Waals surface area contributed by atoms with Gasteiger partial charge in [-0.25, -0.2) is 9.07 Å². The molecule has 2 aliphatic rings. The fraction of sp³-hybridized carbons (Fsp3) is 0.400. The summed E-state index contributed by atoms with van der Waals surface area (Å²) < 4.78 is 53.0. The van der Waals surface area contributed by atoms with Gasteiger partial charge in [0.15, 0.2) is 0 Å². The Morgan fingerprint density at radius 1 is 1.14 bits per heavy atom. The summed E-state index contributed by atoms with van der Waals surface area (Å²) in [4.78, 5) is 0. The summed E-state index contributed by atoms with van der Waals surface area (Å²) in [5, 5.41) is 7.67. The highest BCUT2D eigenvalue weighted by Gasteiger charge is 2.54. The second-order valence-electron chi connectivity index (χ2n) is 5.86. The maximum absolute atomic E-state index is 13.3. The van der Waals surface area contributed by atoms with Gasteiger partial charge in [0.2, 0.25) is 0 Å². The van der Waals surface area contributed by atoms with Crippen LogP contribution in [0.1, 0.15) is 17.2 Å². The van der Waals surface area contributed by atoms with Gasteiger partial charge in [-0.1, -0.05) is 0 Å². The van der Waals surface area contributed by atoms with Crippen molar-refractivity contribution in [2.24, 2.45) is 11.8 Å². The molecule has 22 heavy (non-hydrogen) atoms. The Bertz CT molecular complexity index is 712. The van der Waals surface area contributed by atoms with Crippen molar-refractivity contribution in [1.29, 1.82) is 0 Å². The van der Waals surface area contributed by atoms with Crippen molar-refractivity contribution in [3.8, 4) is 5.69 Å². The molecule has 1 aliphatic heterocycles. The number of piperidine rings is 1. The van der Waals surface area contributed by atoms with E-state index in [4.69, 9.17) is 0 Å². The molecule has 7 heteroatoms. The first-order valence-electron chi connectivity index (χ1n) is 7.08. The van der Waals surface area contributed by atoms with E-state index in [2.05, 4.69) is 10.4 Å². The molecular formula is C15H13F4N3. The zero-order valence-corrected chi connectivity index (χ0v) is 11.4. The van der Waals surface area contributed by atoms with Crippen LogP contribution >= 0.6 is 0 Å². The van der Waals surface area contributed by atoms with E-state index in [-0.39, 0.29) is 5.69 Å². The number of nitrogens with zero attached hydrogens (tertiary/aromatic N) is 2. The van der Waals surface area contributed by atoms with Crippen LogP contribution in [0.2, 0.25) is 0 Å². The van der Waals surface area contributed by atoms with Gasteiger partial charge in [-0.3, -0.25) is 0 Å². The Labute approximate surface area is 123 Å². The predicted molar refractivity (Wildman–Crippen MR) is 71.1 cm³/mol. The number of halogens is 4. The van der Waals surface area contributed by atoms with Gasteiger partial charge in [-0.2, -0.15) is 18.3 Å². The van der Waals surface area contributed by atoms with Crippen molar-refractivity contribution < 1.29 is 17.6 Å². The van der Waals surface area contributed by atoms with Gasteiger partial charge in [-0.05, 0) is 49.2 Å². The topological polar surface area (TPSA) is 29.9 Å². The van der Waals surface area contributed by atoms with E-state index >= 15 is 0 Å². The second kappa shape index (κ2) is 4.55. The van der Waals surface area contributed by atoms with E-state index in [0.29, 0.717) is 17.8 Å². The van der Waals surface area contributed by atoms with Crippen LogP contribution in [0, 0.1) is 17.7 Å². The number of benzene rings is 1. The summed E-state index contributed by atoms with van der Waals surface area (Å²) in [6, 6.07) is 4.76. The maximum atomic E-state index is 13.3. The molecule has 1 aliphatic carbocycles. The third-order valence-corrected chi connectivity index (χ3v) is 4.56. The highest BCUT2D eigenvalue weighted by Crippen LogP contribution is 2.55. The monoisotopic (exact) mass is 311 g/mol. The minimum atomic E-state index is -4.71. The van der Waals surface area contributed by atoms with Crippen molar-refractivity contribution in [1.82, 2.24) is 15.1 Å². The molecule has 0 unspecified atom stereocenters. The molecular weight excluding hydrogens is 298 g/mol. The van der Waals surface area contributed by atoms with Crippen LogP contribution in [-0.2, 0) is 6.18 Å². The van der Waals surface area contributed by atoms with Crippen LogP contribution in [0.25, 0.3) is 5.69 Å². The van der Waals surface area contributed by atoms with Crippen molar-refractivity contribution in [3.63, 3.8) is 0 Å². The highest BCUT2D eigenvalue weighted by atomic mass is 19.4. The molecule has 3 atom stereocenters. The molecule has 1 aromatic carbocycles. The Hall–Kier alpha value is -1.89. The van der Waals surface area contributed by atoms with Gasteiger partial charge in [0.1, 0.15) is 5.82 Å². The number of rotatable bonds is 2. The summed E-state index contributed by atoms with van der Waals surface area (Å²) in [6.45, 7) is 1.94. The number of hydrogen-bond acceptors (Lipinski definition) is 2. The van der Waals surface area contributed by atoms with Crippen LogP contribution in [0.3, 0.4) is 0 Å². The van der Waals surface area contributed by atoms with E-state index in [0.717, 1.165) is 30.9 Å². The zero-order chi connectivity index (χ0) is 15.5. The third-order valence-electron chi connectivity index (χ3n) is 4.56. The minimum absolute atomic E-state index is 0.212. The smallest absolute Gasteiger partial charge is 0.316 e. The van der Waals surface area contributed by atoms with Gasteiger partial charge in [0.25, 0.3) is 0 Å². The molecule has 2 heterocycles. The van der Waals surface area contributed by atoms with Crippen LogP contribution in [-0.4, -0.2) is 22.9 Å². The van der Waals surface area contributed by atoms with Crippen LogP contribution in [0.15, 0.2) is 30.5 Å². The molecule has 2 aromatic rings. The lowest BCUT2D eigenvalue weighted by atomic mass is 10.2. The molecule has 0 radical (unpaired) electrons. The van der Waals surface area contributed by atoms with Crippen molar-refractivity contribution in [2.45, 2.75) is 12.1 Å². The Morgan fingerprint density at radius 2 is 1.86 bits per heavy atom. The molecule has 0 bridgehead atoms. The summed E-state index contributed by atoms with van der Waals surface area (Å²) in [7, 11) is 0. The van der Waals surface area contributed by atoms with Gasteiger partial charge >= 0.3 is 6.18 Å². The molecule has 2 fully saturated rings. The Balaban J connectivity index is 1.64. The Kier molecular flexibility index (Phi) is 2.84. The molecule has 0 spiro atoms. The number of hydrogen-bond donors (Lipinski definition) is 1. The summed E-state index contributed by atoms with van der Waals surface area (Å²) in [6.07, 6.45) is -3.08. The van der Waals surface area contributed by atoms with Crippen LogP contribution < -0.4 is 5.32 Å². The lowest BCUT2D eigenvalue weighted by Gasteiger charge is -2.10. The standard InChI is InChI=1S/C15H13F4N3/c16-12-2-1-8(5-11(12)15(17,18)19)22-4-3-13(21-22)14-9-6-20-7-10(9)14/h1-5,9-10,14,20H,6-7H2/t9-,10+,14+. The van der Waals surface area contributed by atoms with E-state index in [9.17, 15) is 17.6 Å². The van der Waals surface area contributed by atoms with Gasteiger partial charge < -0.3 is 5.32 Å². The number of aromatic nitrogens is 2. The summed E-state index contributed by atoms with van der Waals surface area (Å²) in [5.41, 5.74) is -0.159. The van der Waals surface area contributed by atoms with Gasteiger partial charge in [0.05, 0.1) is 16.9 Å². The van der Waals surface area contributed by atoms with E-state index in [1.54, 1.807) is 6.20 Å². The average molecular weight is 311 g/mol. The fourth-order valence-electron chi connectivity index (χ4n) is 3.39. The molecule has 1 saturated heterocycles. The molecule has 3 nitrogen and oxygen atoms in total. The molecule has 1 N–H and O–H groups in total.